The molecule has 4 aliphatic rings. The molecule has 7 rings (SSSR count). The number of hydrogen-bond acceptors (Lipinski definition) is 5. The second-order valence-corrected chi connectivity index (χ2v) is 12.3. The highest BCUT2D eigenvalue weighted by Gasteiger charge is 2.52. The lowest BCUT2D eigenvalue weighted by molar-refractivity contribution is -0.0492. The van der Waals surface area contributed by atoms with Crippen molar-refractivity contribution in [3.8, 4) is 11.1 Å². The van der Waals surface area contributed by atoms with Crippen LogP contribution in [0.2, 0.25) is 0 Å². The summed E-state index contributed by atoms with van der Waals surface area (Å²) in [6.45, 7) is 4.15. The summed E-state index contributed by atoms with van der Waals surface area (Å²) in [7, 11) is 0. The molecule has 2 aromatic heterocycles. The van der Waals surface area contributed by atoms with Gasteiger partial charge in [0.15, 0.2) is 10.9 Å². The lowest BCUT2D eigenvalue weighted by Crippen LogP contribution is -2.52. The summed E-state index contributed by atoms with van der Waals surface area (Å²) in [5.74, 6) is 2.97. The number of hydrogen-bond donors (Lipinski definition) is 2. The maximum atomic E-state index is 13.0. The Kier molecular flexibility index (Phi) is 6.12. The zero-order valence-electron chi connectivity index (χ0n) is 20.8. The number of benzene rings is 1. The molecular formula is C28H32N4O2S2. The Morgan fingerprint density at radius 1 is 1.11 bits per heavy atom. The number of carbonyl (C=O) groups is 1. The maximum Gasteiger partial charge on any atom is 0.341 e. The lowest BCUT2D eigenvalue weighted by atomic mass is 9.53. The average molecular weight is 521 g/mol. The van der Waals surface area contributed by atoms with E-state index in [0.717, 1.165) is 39.6 Å². The van der Waals surface area contributed by atoms with Gasteiger partial charge in [0.05, 0.1) is 12.1 Å². The second kappa shape index (κ2) is 9.30. The molecule has 0 atom stereocenters. The van der Waals surface area contributed by atoms with Crippen molar-refractivity contribution in [2.75, 3.05) is 17.2 Å². The van der Waals surface area contributed by atoms with Crippen molar-refractivity contribution in [1.82, 2.24) is 9.78 Å². The summed E-state index contributed by atoms with van der Waals surface area (Å²) < 4.78 is 7.63. The number of carbonyl (C=O) groups excluding carboxylic acids is 1. The molecule has 4 bridgehead atoms. The van der Waals surface area contributed by atoms with Crippen molar-refractivity contribution >= 4 is 45.5 Å². The summed E-state index contributed by atoms with van der Waals surface area (Å²) >= 11 is 7.17. The largest absolute Gasteiger partial charge is 0.462 e. The molecule has 0 amide bonds. The predicted octanol–water partition coefficient (Wildman–Crippen LogP) is 6.83. The van der Waals surface area contributed by atoms with Crippen molar-refractivity contribution in [3.63, 3.8) is 0 Å². The van der Waals surface area contributed by atoms with E-state index in [9.17, 15) is 4.79 Å². The topological polar surface area (TPSA) is 68.2 Å². The first-order valence-electron chi connectivity index (χ1n) is 12.9. The van der Waals surface area contributed by atoms with Gasteiger partial charge in [-0.2, -0.15) is 5.10 Å². The third-order valence-corrected chi connectivity index (χ3v) is 9.40. The standard InChI is InChI=1S/C28H32N4O2S2/c1-3-34-26(33)24-23(21-7-5-4-6-8-21)17(2)36-25(24)30-27(35)29-22-9-10-32(31-22)28-14-18-11-19(15-28)13-20(12-18)16-28/h4-10,18-20H,3,11-16H2,1-2H3,(H2,29,30,31,35). The predicted molar refractivity (Wildman–Crippen MR) is 149 cm³/mol. The van der Waals surface area contributed by atoms with E-state index < -0.39 is 0 Å². The fourth-order valence-corrected chi connectivity index (χ4v) is 8.57. The van der Waals surface area contributed by atoms with Crippen LogP contribution in [0.1, 0.15) is 60.7 Å². The molecule has 4 saturated carbocycles. The van der Waals surface area contributed by atoms with Crippen LogP contribution in [-0.4, -0.2) is 27.5 Å². The average Bonchev–Trinajstić information content (AvgIpc) is 3.43. The van der Waals surface area contributed by atoms with Gasteiger partial charge in [0.2, 0.25) is 0 Å². The number of aryl methyl sites for hydroxylation is 1. The van der Waals surface area contributed by atoms with E-state index in [0.29, 0.717) is 22.3 Å². The number of esters is 1. The minimum absolute atomic E-state index is 0.177. The van der Waals surface area contributed by atoms with E-state index in [1.807, 2.05) is 50.2 Å². The molecule has 1 aromatic carbocycles. The Bertz CT molecular complexity index is 1260. The SMILES string of the molecule is CCOC(=O)c1c(NC(=S)Nc2ccn(C34CC5CC(CC(C5)C3)C4)n2)sc(C)c1-c1ccccc1. The Labute approximate surface area is 221 Å². The van der Waals surface area contributed by atoms with Crippen LogP contribution >= 0.6 is 23.6 Å². The van der Waals surface area contributed by atoms with Gasteiger partial charge >= 0.3 is 5.97 Å². The van der Waals surface area contributed by atoms with Crippen LogP contribution in [-0.2, 0) is 10.3 Å². The number of thiocarbonyl (C=S) groups is 1. The third-order valence-electron chi connectivity index (χ3n) is 8.18. The van der Waals surface area contributed by atoms with Crippen LogP contribution in [0.25, 0.3) is 11.1 Å². The highest BCUT2D eigenvalue weighted by atomic mass is 32.1. The summed E-state index contributed by atoms with van der Waals surface area (Å²) in [6.07, 6.45) is 10.1. The molecule has 2 N–H and O–H groups in total. The molecule has 0 saturated heterocycles. The van der Waals surface area contributed by atoms with E-state index in [1.54, 1.807) is 0 Å². The molecule has 36 heavy (non-hydrogen) atoms. The van der Waals surface area contributed by atoms with Gasteiger partial charge in [-0.25, -0.2) is 4.79 Å². The summed E-state index contributed by atoms with van der Waals surface area (Å²) in [6, 6.07) is 11.9. The summed E-state index contributed by atoms with van der Waals surface area (Å²) in [4.78, 5) is 14.0. The number of anilines is 2. The number of rotatable bonds is 6. The van der Waals surface area contributed by atoms with Gasteiger partial charge in [0.1, 0.15) is 10.6 Å². The van der Waals surface area contributed by atoms with E-state index in [4.69, 9.17) is 22.1 Å². The molecule has 4 fully saturated rings. The molecule has 4 aliphatic carbocycles. The number of ether oxygens (including phenoxy) is 1. The van der Waals surface area contributed by atoms with Crippen molar-refractivity contribution in [3.05, 3.63) is 53.0 Å². The number of aromatic nitrogens is 2. The highest BCUT2D eigenvalue weighted by Crippen LogP contribution is 2.58. The normalized spacial score (nSPS) is 26.1. The van der Waals surface area contributed by atoms with Gasteiger partial charge in [-0.3, -0.25) is 4.68 Å². The zero-order chi connectivity index (χ0) is 24.9. The Hall–Kier alpha value is -2.71. The van der Waals surface area contributed by atoms with Crippen molar-refractivity contribution in [2.45, 2.75) is 57.9 Å². The van der Waals surface area contributed by atoms with Gasteiger partial charge in [-0.1, -0.05) is 30.3 Å². The summed E-state index contributed by atoms with van der Waals surface area (Å²) in [5, 5.41) is 12.5. The molecular weight excluding hydrogens is 488 g/mol. The third kappa shape index (κ3) is 4.24. The van der Waals surface area contributed by atoms with Gasteiger partial charge in [0, 0.05) is 22.7 Å². The van der Waals surface area contributed by atoms with Crippen LogP contribution in [0, 0.1) is 24.7 Å². The van der Waals surface area contributed by atoms with E-state index in [1.165, 1.54) is 49.9 Å². The molecule has 8 heteroatoms. The fraction of sp³-hybridized carbons (Fsp3) is 0.464. The summed E-state index contributed by atoms with van der Waals surface area (Å²) in [5.41, 5.74) is 2.57. The first-order chi connectivity index (χ1) is 17.4. The van der Waals surface area contributed by atoms with Crippen molar-refractivity contribution in [1.29, 1.82) is 0 Å². The molecule has 0 spiro atoms. The van der Waals surface area contributed by atoms with Gasteiger partial charge in [-0.05, 0) is 87.9 Å². The van der Waals surface area contributed by atoms with E-state index >= 15 is 0 Å². The quantitative estimate of drug-likeness (QED) is 0.274. The van der Waals surface area contributed by atoms with Gasteiger partial charge in [0.25, 0.3) is 0 Å². The van der Waals surface area contributed by atoms with Crippen molar-refractivity contribution in [2.24, 2.45) is 17.8 Å². The van der Waals surface area contributed by atoms with Crippen LogP contribution in [0.5, 0.6) is 0 Å². The molecule has 2 heterocycles. The van der Waals surface area contributed by atoms with Crippen LogP contribution < -0.4 is 10.6 Å². The number of nitrogens with one attached hydrogen (secondary N) is 2. The van der Waals surface area contributed by atoms with E-state index in [-0.39, 0.29) is 11.5 Å². The lowest BCUT2D eigenvalue weighted by Gasteiger charge is -2.56. The van der Waals surface area contributed by atoms with Crippen LogP contribution in [0.4, 0.5) is 10.8 Å². The minimum atomic E-state index is -0.350. The molecule has 3 aromatic rings. The minimum Gasteiger partial charge on any atom is -0.462 e. The van der Waals surface area contributed by atoms with Crippen LogP contribution in [0.15, 0.2) is 42.6 Å². The van der Waals surface area contributed by atoms with Crippen molar-refractivity contribution < 1.29 is 9.53 Å². The number of thiophene rings is 1. The van der Waals surface area contributed by atoms with Gasteiger partial charge < -0.3 is 15.4 Å². The zero-order valence-corrected chi connectivity index (χ0v) is 22.4. The molecule has 0 aliphatic heterocycles. The fourth-order valence-electron chi connectivity index (χ4n) is 7.23. The highest BCUT2D eigenvalue weighted by molar-refractivity contribution is 7.80. The molecule has 0 unspecified atom stereocenters. The smallest absolute Gasteiger partial charge is 0.341 e. The Morgan fingerprint density at radius 3 is 2.42 bits per heavy atom. The first kappa shape index (κ1) is 23.7. The van der Waals surface area contributed by atoms with Gasteiger partial charge in [-0.15, -0.1) is 11.3 Å². The monoisotopic (exact) mass is 520 g/mol. The number of nitrogens with zero attached hydrogens (tertiary/aromatic N) is 2. The first-order valence-corrected chi connectivity index (χ1v) is 14.2. The Morgan fingerprint density at radius 2 is 1.78 bits per heavy atom. The second-order valence-electron chi connectivity index (χ2n) is 10.7. The molecule has 188 valence electrons. The maximum absolute atomic E-state index is 13.0. The molecule has 6 nitrogen and oxygen atoms in total. The molecule has 0 radical (unpaired) electrons. The van der Waals surface area contributed by atoms with Crippen LogP contribution in [0.3, 0.4) is 0 Å². The van der Waals surface area contributed by atoms with E-state index in [2.05, 4.69) is 21.5 Å². The Balaban J connectivity index is 1.22.